The molecule has 4 heteroatoms. The van der Waals surface area contributed by atoms with Crippen LogP contribution in [0.5, 0.6) is 5.75 Å². The maximum Gasteiger partial charge on any atom is 0.195 e. The fraction of sp³-hybridized carbons (Fsp3) is 0.400. The van der Waals surface area contributed by atoms with Crippen molar-refractivity contribution >= 4 is 0 Å². The Morgan fingerprint density at radius 1 is 1.36 bits per heavy atom. The van der Waals surface area contributed by atoms with Crippen LogP contribution in [0.15, 0.2) is 6.07 Å². The first-order chi connectivity index (χ1) is 6.66. The second kappa shape index (κ2) is 3.52. The minimum atomic E-state index is -1.51. The highest BCUT2D eigenvalue weighted by molar-refractivity contribution is 5.23. The van der Waals surface area contributed by atoms with Gasteiger partial charge in [0.25, 0.3) is 0 Å². The van der Waals surface area contributed by atoms with Crippen LogP contribution >= 0.6 is 0 Å². The van der Waals surface area contributed by atoms with Crippen molar-refractivity contribution < 1.29 is 17.9 Å². The van der Waals surface area contributed by atoms with Gasteiger partial charge in [0.1, 0.15) is 5.75 Å². The van der Waals surface area contributed by atoms with Gasteiger partial charge in [-0.1, -0.05) is 0 Å². The molecule has 0 N–H and O–H groups in total. The van der Waals surface area contributed by atoms with Crippen LogP contribution < -0.4 is 4.74 Å². The van der Waals surface area contributed by atoms with Gasteiger partial charge >= 0.3 is 0 Å². The van der Waals surface area contributed by atoms with E-state index in [1.54, 1.807) is 0 Å². The van der Waals surface area contributed by atoms with Crippen molar-refractivity contribution in [2.45, 2.75) is 12.8 Å². The van der Waals surface area contributed by atoms with Crippen LogP contribution in [-0.2, 0) is 0 Å². The van der Waals surface area contributed by atoms with Gasteiger partial charge in [0.15, 0.2) is 17.5 Å². The summed E-state index contributed by atoms with van der Waals surface area (Å²) in [4.78, 5) is 0. The number of hydrogen-bond donors (Lipinski definition) is 0. The van der Waals surface area contributed by atoms with Crippen LogP contribution in [0.25, 0.3) is 0 Å². The molecule has 1 radical (unpaired) electrons. The molecule has 1 saturated carbocycles. The van der Waals surface area contributed by atoms with Crippen LogP contribution in [0.1, 0.15) is 12.8 Å². The van der Waals surface area contributed by atoms with Crippen molar-refractivity contribution in [3.63, 3.8) is 0 Å². The van der Waals surface area contributed by atoms with Crippen molar-refractivity contribution in [1.29, 1.82) is 0 Å². The zero-order chi connectivity index (χ0) is 10.1. The summed E-state index contributed by atoms with van der Waals surface area (Å²) in [6.45, 7) is 0.418. The molecule has 1 aliphatic rings. The fourth-order valence-corrected chi connectivity index (χ4v) is 1.05. The van der Waals surface area contributed by atoms with Crippen LogP contribution in [0.3, 0.4) is 0 Å². The summed E-state index contributed by atoms with van der Waals surface area (Å²) < 4.78 is 42.8. The monoisotopic (exact) mass is 201 g/mol. The summed E-state index contributed by atoms with van der Waals surface area (Å²) in [5, 5.41) is 0. The summed E-state index contributed by atoms with van der Waals surface area (Å²) in [6, 6.07) is 2.80. The highest BCUT2D eigenvalue weighted by Crippen LogP contribution is 2.29. The molecule has 0 bridgehead atoms. The lowest BCUT2D eigenvalue weighted by molar-refractivity contribution is 0.293. The summed E-state index contributed by atoms with van der Waals surface area (Å²) in [5.41, 5.74) is 0. The molecule has 14 heavy (non-hydrogen) atoms. The molecule has 0 saturated heterocycles. The van der Waals surface area contributed by atoms with Crippen LogP contribution in [0.4, 0.5) is 13.2 Å². The molecule has 0 heterocycles. The smallest absolute Gasteiger partial charge is 0.195 e. The van der Waals surface area contributed by atoms with E-state index in [0.717, 1.165) is 18.9 Å². The average molecular weight is 201 g/mol. The first kappa shape index (κ1) is 9.37. The molecule has 75 valence electrons. The lowest BCUT2D eigenvalue weighted by Gasteiger charge is -2.05. The van der Waals surface area contributed by atoms with Gasteiger partial charge in [-0.3, -0.25) is 0 Å². The number of hydrogen-bond acceptors (Lipinski definition) is 1. The second-order valence-corrected chi connectivity index (χ2v) is 3.36. The molecule has 1 aliphatic carbocycles. The van der Waals surface area contributed by atoms with Crippen LogP contribution in [0, 0.1) is 29.4 Å². The summed E-state index contributed by atoms with van der Waals surface area (Å²) in [7, 11) is 0. The van der Waals surface area contributed by atoms with Crippen molar-refractivity contribution in [2.24, 2.45) is 5.92 Å². The number of ether oxygens (including phenoxy) is 1. The largest absolute Gasteiger partial charge is 0.492 e. The van der Waals surface area contributed by atoms with Crippen LogP contribution in [0.2, 0.25) is 0 Å². The molecule has 1 aromatic carbocycles. The third kappa shape index (κ3) is 2.00. The van der Waals surface area contributed by atoms with Gasteiger partial charge < -0.3 is 4.74 Å². The van der Waals surface area contributed by atoms with Gasteiger partial charge in [-0.25, -0.2) is 13.2 Å². The van der Waals surface area contributed by atoms with Crippen molar-refractivity contribution in [3.05, 3.63) is 29.6 Å². The maximum absolute atomic E-state index is 12.7. The summed E-state index contributed by atoms with van der Waals surface area (Å²) >= 11 is 0. The van der Waals surface area contributed by atoms with E-state index in [2.05, 4.69) is 0 Å². The van der Waals surface area contributed by atoms with E-state index in [0.29, 0.717) is 12.5 Å². The van der Waals surface area contributed by atoms with Gasteiger partial charge in [0.2, 0.25) is 0 Å². The Labute approximate surface area is 79.5 Å². The predicted octanol–water partition coefficient (Wildman–Crippen LogP) is 2.69. The highest BCUT2D eigenvalue weighted by atomic mass is 19.2. The van der Waals surface area contributed by atoms with Gasteiger partial charge in [-0.15, -0.1) is 0 Å². The molecular formula is C10H8F3O. The minimum absolute atomic E-state index is 0.0756. The zero-order valence-corrected chi connectivity index (χ0v) is 7.32. The Balaban J connectivity index is 2.08. The van der Waals surface area contributed by atoms with E-state index >= 15 is 0 Å². The zero-order valence-electron chi connectivity index (χ0n) is 7.32. The van der Waals surface area contributed by atoms with E-state index in [4.69, 9.17) is 4.74 Å². The van der Waals surface area contributed by atoms with E-state index < -0.39 is 17.5 Å². The Hall–Kier alpha value is -1.19. The molecule has 0 unspecified atom stereocenters. The quantitative estimate of drug-likeness (QED) is 0.683. The molecule has 0 spiro atoms. The molecule has 1 fully saturated rings. The molecule has 1 nitrogen and oxygen atoms in total. The van der Waals surface area contributed by atoms with Crippen molar-refractivity contribution in [2.75, 3.05) is 6.61 Å². The Morgan fingerprint density at radius 3 is 2.64 bits per heavy atom. The van der Waals surface area contributed by atoms with Crippen LogP contribution in [-0.4, -0.2) is 6.61 Å². The Bertz CT molecular complexity index is 324. The molecule has 0 aliphatic heterocycles. The third-order valence-corrected chi connectivity index (χ3v) is 2.06. The molecule has 0 atom stereocenters. The van der Waals surface area contributed by atoms with E-state index in [-0.39, 0.29) is 5.75 Å². The number of benzene rings is 1. The second-order valence-electron chi connectivity index (χ2n) is 3.36. The average Bonchev–Trinajstić information content (AvgIpc) is 2.94. The standard InChI is InChI=1S/C10H8F3O/c11-8-3-7(4-9(12)10(8)13)14-5-6-1-2-6/h3,6H,1-2,5H2. The summed E-state index contributed by atoms with van der Waals surface area (Å²) in [5.74, 6) is -3.69. The van der Waals surface area contributed by atoms with E-state index in [9.17, 15) is 13.2 Å². The number of halogens is 3. The first-order valence-electron chi connectivity index (χ1n) is 4.36. The third-order valence-electron chi connectivity index (χ3n) is 2.06. The first-order valence-corrected chi connectivity index (χ1v) is 4.36. The molecular weight excluding hydrogens is 193 g/mol. The SMILES string of the molecule is Fc1[c]c(OCC2CC2)cc(F)c1F. The molecule has 2 rings (SSSR count). The minimum Gasteiger partial charge on any atom is -0.492 e. The van der Waals surface area contributed by atoms with Crippen molar-refractivity contribution in [1.82, 2.24) is 0 Å². The van der Waals surface area contributed by atoms with Gasteiger partial charge in [-0.05, 0) is 18.8 Å². The Kier molecular flexibility index (Phi) is 2.35. The van der Waals surface area contributed by atoms with E-state index in [1.807, 2.05) is 6.07 Å². The van der Waals surface area contributed by atoms with E-state index in [1.165, 1.54) is 0 Å². The lowest BCUT2D eigenvalue weighted by Crippen LogP contribution is -2.01. The molecule has 0 amide bonds. The normalized spacial score (nSPS) is 15.6. The summed E-state index contributed by atoms with van der Waals surface area (Å²) in [6.07, 6.45) is 2.15. The van der Waals surface area contributed by atoms with Gasteiger partial charge in [0, 0.05) is 6.07 Å². The Morgan fingerprint density at radius 2 is 2.07 bits per heavy atom. The number of rotatable bonds is 3. The van der Waals surface area contributed by atoms with Gasteiger partial charge in [0.05, 0.1) is 12.7 Å². The molecule has 1 aromatic rings. The topological polar surface area (TPSA) is 9.23 Å². The molecule has 0 aromatic heterocycles. The van der Waals surface area contributed by atoms with Gasteiger partial charge in [-0.2, -0.15) is 0 Å². The highest BCUT2D eigenvalue weighted by Gasteiger charge is 2.22. The van der Waals surface area contributed by atoms with Crippen molar-refractivity contribution in [3.8, 4) is 5.75 Å². The lowest BCUT2D eigenvalue weighted by atomic mass is 10.3. The predicted molar refractivity (Wildman–Crippen MR) is 43.4 cm³/mol. The fourth-order valence-electron chi connectivity index (χ4n) is 1.05. The maximum atomic E-state index is 12.7.